The number of allylic oxidation sites excluding steroid dienone is 1. The normalized spacial score (nSPS) is 11.3. The summed E-state index contributed by atoms with van der Waals surface area (Å²) in [4.78, 5) is 10.2. The summed E-state index contributed by atoms with van der Waals surface area (Å²) in [6.45, 7) is 4.52. The Morgan fingerprint density at radius 3 is 2.31 bits per heavy atom. The average Bonchev–Trinajstić information content (AvgIpc) is 2.58. The Morgan fingerprint density at radius 1 is 1.27 bits per heavy atom. The van der Waals surface area contributed by atoms with E-state index in [4.69, 9.17) is 27.9 Å². The third-order valence-corrected chi connectivity index (χ3v) is 3.96. The van der Waals surface area contributed by atoms with Crippen molar-refractivity contribution in [3.05, 3.63) is 67.7 Å². The molecule has 0 saturated carbocycles. The summed E-state index contributed by atoms with van der Waals surface area (Å²) in [6, 6.07) is 11.1. The molecular formula is C19H16Cl2N2O3. The predicted molar refractivity (Wildman–Crippen MR) is 103 cm³/mol. The Morgan fingerprint density at radius 2 is 1.85 bits per heavy atom. The first kappa shape index (κ1) is 19.8. The smallest absolute Gasteiger partial charge is 0.269 e. The molecule has 0 heterocycles. The van der Waals surface area contributed by atoms with Crippen LogP contribution >= 0.6 is 23.2 Å². The van der Waals surface area contributed by atoms with Crippen LogP contribution < -0.4 is 4.74 Å². The largest absolute Gasteiger partial charge is 0.490 e. The van der Waals surface area contributed by atoms with Gasteiger partial charge in [-0.15, -0.1) is 0 Å². The fraction of sp³-hybridized carbons (Fsp3) is 0.211. The van der Waals surface area contributed by atoms with Crippen molar-refractivity contribution in [2.45, 2.75) is 13.8 Å². The number of ether oxygens (including phenoxy) is 1. The number of nitrogens with zero attached hydrogens (tertiary/aromatic N) is 2. The fourth-order valence-corrected chi connectivity index (χ4v) is 2.77. The second kappa shape index (κ2) is 8.70. The molecule has 0 fully saturated rings. The van der Waals surface area contributed by atoms with Crippen molar-refractivity contribution in [3.8, 4) is 11.8 Å². The van der Waals surface area contributed by atoms with Crippen LogP contribution in [0.4, 0.5) is 5.69 Å². The van der Waals surface area contributed by atoms with E-state index in [1.165, 1.54) is 24.3 Å². The summed E-state index contributed by atoms with van der Waals surface area (Å²) in [6.07, 6.45) is 1.62. The lowest BCUT2D eigenvalue weighted by Crippen LogP contribution is -2.05. The highest BCUT2D eigenvalue weighted by Crippen LogP contribution is 2.35. The van der Waals surface area contributed by atoms with E-state index in [0.29, 0.717) is 45.0 Å². The minimum Gasteiger partial charge on any atom is -0.490 e. The third-order valence-electron chi connectivity index (χ3n) is 3.40. The number of nitro groups is 1. The van der Waals surface area contributed by atoms with Gasteiger partial charge in [0.25, 0.3) is 5.69 Å². The van der Waals surface area contributed by atoms with Crippen LogP contribution in [0.1, 0.15) is 25.0 Å². The van der Waals surface area contributed by atoms with Gasteiger partial charge in [-0.25, -0.2) is 0 Å². The Labute approximate surface area is 161 Å². The number of hydrogen-bond acceptors (Lipinski definition) is 4. The van der Waals surface area contributed by atoms with Gasteiger partial charge in [-0.1, -0.05) is 37.0 Å². The number of non-ortho nitro benzene ring substituents is 1. The van der Waals surface area contributed by atoms with E-state index in [1.807, 2.05) is 13.8 Å². The number of nitriles is 1. The monoisotopic (exact) mass is 390 g/mol. The quantitative estimate of drug-likeness (QED) is 0.262. The lowest BCUT2D eigenvalue weighted by atomic mass is 10.0. The second-order valence-corrected chi connectivity index (χ2v) is 6.81. The van der Waals surface area contributed by atoms with Crippen molar-refractivity contribution >= 4 is 40.5 Å². The number of benzene rings is 2. The molecule has 0 aliphatic rings. The Kier molecular flexibility index (Phi) is 6.62. The number of hydrogen-bond donors (Lipinski definition) is 0. The zero-order chi connectivity index (χ0) is 19.3. The van der Waals surface area contributed by atoms with Crippen molar-refractivity contribution in [1.82, 2.24) is 0 Å². The van der Waals surface area contributed by atoms with Crippen LogP contribution in [-0.2, 0) is 0 Å². The summed E-state index contributed by atoms with van der Waals surface area (Å²) in [7, 11) is 0. The minimum atomic E-state index is -0.491. The van der Waals surface area contributed by atoms with Gasteiger partial charge in [-0.3, -0.25) is 10.1 Å². The van der Waals surface area contributed by atoms with E-state index in [2.05, 4.69) is 6.07 Å². The average molecular weight is 391 g/mol. The van der Waals surface area contributed by atoms with Crippen molar-refractivity contribution < 1.29 is 9.66 Å². The molecule has 0 spiro atoms. The van der Waals surface area contributed by atoms with Gasteiger partial charge in [0, 0.05) is 12.1 Å². The molecule has 7 heteroatoms. The SMILES string of the molecule is CC(C)COc1c(Cl)cc(/C=C(\C#N)c2ccc([N+](=O)[O-])cc2)cc1Cl. The van der Waals surface area contributed by atoms with Gasteiger partial charge < -0.3 is 4.74 Å². The molecule has 0 bridgehead atoms. The molecule has 0 saturated heterocycles. The van der Waals surface area contributed by atoms with E-state index in [-0.39, 0.29) is 5.69 Å². The summed E-state index contributed by atoms with van der Waals surface area (Å²) in [5.74, 6) is 0.738. The molecule has 0 radical (unpaired) electrons. The van der Waals surface area contributed by atoms with E-state index < -0.39 is 4.92 Å². The highest BCUT2D eigenvalue weighted by molar-refractivity contribution is 6.37. The van der Waals surface area contributed by atoms with Crippen molar-refractivity contribution in [2.75, 3.05) is 6.61 Å². The zero-order valence-electron chi connectivity index (χ0n) is 14.2. The van der Waals surface area contributed by atoms with Gasteiger partial charge in [-0.05, 0) is 47.4 Å². The minimum absolute atomic E-state index is 0.0382. The molecule has 0 atom stereocenters. The second-order valence-electron chi connectivity index (χ2n) is 5.99. The molecule has 0 aliphatic heterocycles. The van der Waals surface area contributed by atoms with Crippen LogP contribution in [0, 0.1) is 27.4 Å². The van der Waals surface area contributed by atoms with Crippen molar-refractivity contribution in [3.63, 3.8) is 0 Å². The summed E-state index contributed by atoms with van der Waals surface area (Å²) in [5.41, 5.74) is 1.49. The Bertz CT molecular complexity index is 862. The zero-order valence-corrected chi connectivity index (χ0v) is 15.7. The van der Waals surface area contributed by atoms with Crippen LogP contribution in [0.25, 0.3) is 11.6 Å². The van der Waals surface area contributed by atoms with Crippen molar-refractivity contribution in [1.29, 1.82) is 5.26 Å². The van der Waals surface area contributed by atoms with E-state index in [9.17, 15) is 15.4 Å². The molecular weight excluding hydrogens is 375 g/mol. The Hall–Kier alpha value is -2.55. The maximum atomic E-state index is 10.7. The van der Waals surface area contributed by atoms with Crippen LogP contribution in [0.2, 0.25) is 10.0 Å². The first-order valence-electron chi connectivity index (χ1n) is 7.80. The first-order valence-corrected chi connectivity index (χ1v) is 8.56. The third kappa shape index (κ3) is 4.98. The van der Waals surface area contributed by atoms with E-state index >= 15 is 0 Å². The van der Waals surface area contributed by atoms with Gasteiger partial charge in [-0.2, -0.15) is 5.26 Å². The molecule has 0 N–H and O–H groups in total. The molecule has 134 valence electrons. The molecule has 0 aromatic heterocycles. The molecule has 2 aromatic carbocycles. The summed E-state index contributed by atoms with van der Waals surface area (Å²) < 4.78 is 5.62. The molecule has 0 aliphatic carbocycles. The lowest BCUT2D eigenvalue weighted by Gasteiger charge is -2.12. The Balaban J connectivity index is 2.34. The van der Waals surface area contributed by atoms with Crippen molar-refractivity contribution in [2.24, 2.45) is 5.92 Å². The fourth-order valence-electron chi connectivity index (χ4n) is 2.16. The van der Waals surface area contributed by atoms with Crippen LogP contribution in [0.15, 0.2) is 36.4 Å². The number of rotatable bonds is 6. The standard InChI is InChI=1S/C19H16Cl2N2O3/c1-12(2)11-26-19-17(20)8-13(9-18(19)21)7-15(10-22)14-3-5-16(6-4-14)23(24)25/h3-9,12H,11H2,1-2H3/b15-7+. The predicted octanol–water partition coefficient (Wildman–Crippen LogP) is 6.00. The van der Waals surface area contributed by atoms with Gasteiger partial charge in [0.2, 0.25) is 0 Å². The van der Waals surface area contributed by atoms with Crippen LogP contribution in [-0.4, -0.2) is 11.5 Å². The van der Waals surface area contributed by atoms with E-state index in [1.54, 1.807) is 18.2 Å². The van der Waals surface area contributed by atoms with E-state index in [0.717, 1.165) is 0 Å². The van der Waals surface area contributed by atoms with Crippen LogP contribution in [0.5, 0.6) is 5.75 Å². The molecule has 26 heavy (non-hydrogen) atoms. The molecule has 5 nitrogen and oxygen atoms in total. The molecule has 2 aromatic rings. The summed E-state index contributed by atoms with van der Waals surface area (Å²) in [5, 5.41) is 20.8. The first-order chi connectivity index (χ1) is 12.3. The lowest BCUT2D eigenvalue weighted by molar-refractivity contribution is -0.384. The maximum absolute atomic E-state index is 10.7. The molecule has 0 amide bonds. The van der Waals surface area contributed by atoms with Gasteiger partial charge >= 0.3 is 0 Å². The number of halogens is 2. The highest BCUT2D eigenvalue weighted by atomic mass is 35.5. The van der Waals surface area contributed by atoms with Gasteiger partial charge in [0.15, 0.2) is 5.75 Å². The summed E-state index contributed by atoms with van der Waals surface area (Å²) >= 11 is 12.5. The van der Waals surface area contributed by atoms with Gasteiger partial charge in [0.1, 0.15) is 0 Å². The molecule has 0 unspecified atom stereocenters. The van der Waals surface area contributed by atoms with Gasteiger partial charge in [0.05, 0.1) is 33.2 Å². The molecule has 2 rings (SSSR count). The topological polar surface area (TPSA) is 76.2 Å². The number of nitro benzene ring substituents is 1. The maximum Gasteiger partial charge on any atom is 0.269 e. The van der Waals surface area contributed by atoms with Crippen LogP contribution in [0.3, 0.4) is 0 Å². The highest BCUT2D eigenvalue weighted by Gasteiger charge is 2.12.